The zero-order chi connectivity index (χ0) is 21.1. The van der Waals surface area contributed by atoms with Crippen LogP contribution in [-0.2, 0) is 6.18 Å². The molecule has 0 aliphatic carbocycles. The van der Waals surface area contributed by atoms with E-state index in [1.165, 1.54) is 6.20 Å². The van der Waals surface area contributed by atoms with Crippen molar-refractivity contribution >= 4 is 22.0 Å². The standard InChI is InChI=1S/C17H14BrF6N3O/c1-9(16(19,20)21)26-15(28)27-13(14-12(18)3-2-8-25-14)10-4-6-11(7-5-10)17(22,23)24/h2-9,13H,1H3,(H2,26,27,28)/t9?,13-/m0/s1. The van der Waals surface area contributed by atoms with E-state index in [0.717, 1.165) is 31.2 Å². The quantitative estimate of drug-likeness (QED) is 0.604. The summed E-state index contributed by atoms with van der Waals surface area (Å²) >= 11 is 3.22. The molecule has 1 aromatic heterocycles. The molecule has 1 unspecified atom stereocenters. The number of halogens is 7. The van der Waals surface area contributed by atoms with E-state index in [0.29, 0.717) is 4.47 Å². The van der Waals surface area contributed by atoms with Gasteiger partial charge < -0.3 is 10.6 Å². The number of amides is 2. The minimum Gasteiger partial charge on any atom is -0.327 e. The number of rotatable bonds is 4. The molecule has 0 saturated carbocycles. The normalized spacial score (nSPS) is 14.3. The zero-order valence-electron chi connectivity index (χ0n) is 14.2. The summed E-state index contributed by atoms with van der Waals surface area (Å²) in [6, 6.07) is 2.69. The monoisotopic (exact) mass is 469 g/mol. The lowest BCUT2D eigenvalue weighted by atomic mass is 10.0. The highest BCUT2D eigenvalue weighted by atomic mass is 79.9. The minimum absolute atomic E-state index is 0.210. The van der Waals surface area contributed by atoms with Crippen LogP contribution in [0.15, 0.2) is 47.1 Å². The summed E-state index contributed by atoms with van der Waals surface area (Å²) in [6.45, 7) is 0.767. The van der Waals surface area contributed by atoms with Gasteiger partial charge >= 0.3 is 18.4 Å². The summed E-state index contributed by atoms with van der Waals surface area (Å²) in [5.41, 5.74) is -0.468. The van der Waals surface area contributed by atoms with Gasteiger partial charge in [0.2, 0.25) is 0 Å². The Labute approximate surface area is 164 Å². The summed E-state index contributed by atoms with van der Waals surface area (Å²) in [4.78, 5) is 16.1. The molecule has 2 rings (SSSR count). The molecule has 152 valence electrons. The highest BCUT2D eigenvalue weighted by molar-refractivity contribution is 9.10. The van der Waals surface area contributed by atoms with Crippen molar-refractivity contribution in [2.75, 3.05) is 0 Å². The van der Waals surface area contributed by atoms with Crippen LogP contribution in [0, 0.1) is 0 Å². The van der Waals surface area contributed by atoms with Crippen molar-refractivity contribution in [1.82, 2.24) is 15.6 Å². The molecular weight excluding hydrogens is 456 g/mol. The predicted octanol–water partition coefficient (Wildman–Crippen LogP) is 5.20. The smallest absolute Gasteiger partial charge is 0.327 e. The van der Waals surface area contributed by atoms with Crippen LogP contribution in [0.1, 0.15) is 29.8 Å². The fourth-order valence-corrected chi connectivity index (χ4v) is 2.72. The van der Waals surface area contributed by atoms with Gasteiger partial charge in [-0.05, 0) is 52.7 Å². The third kappa shape index (κ3) is 5.60. The Bertz CT molecular complexity index is 823. The molecule has 2 N–H and O–H groups in total. The van der Waals surface area contributed by atoms with Gasteiger partial charge in [0, 0.05) is 10.7 Å². The van der Waals surface area contributed by atoms with Gasteiger partial charge in [0.1, 0.15) is 6.04 Å². The molecule has 1 aromatic carbocycles. The molecule has 0 aliphatic rings. The topological polar surface area (TPSA) is 54.0 Å². The Morgan fingerprint density at radius 2 is 1.64 bits per heavy atom. The van der Waals surface area contributed by atoms with Crippen molar-refractivity contribution in [3.8, 4) is 0 Å². The van der Waals surface area contributed by atoms with Gasteiger partial charge in [0.15, 0.2) is 0 Å². The third-order valence-electron chi connectivity index (χ3n) is 3.75. The molecule has 2 atom stereocenters. The molecule has 28 heavy (non-hydrogen) atoms. The number of benzene rings is 1. The fourth-order valence-electron chi connectivity index (χ4n) is 2.24. The summed E-state index contributed by atoms with van der Waals surface area (Å²) < 4.78 is 76.7. The number of alkyl halides is 6. The van der Waals surface area contributed by atoms with E-state index in [-0.39, 0.29) is 11.3 Å². The van der Waals surface area contributed by atoms with Crippen molar-refractivity contribution in [2.45, 2.75) is 31.4 Å². The maximum atomic E-state index is 12.8. The Morgan fingerprint density at radius 1 is 1.04 bits per heavy atom. The maximum absolute atomic E-state index is 12.8. The van der Waals surface area contributed by atoms with Gasteiger partial charge in [-0.15, -0.1) is 0 Å². The van der Waals surface area contributed by atoms with Crippen molar-refractivity contribution in [3.05, 3.63) is 63.9 Å². The Balaban J connectivity index is 2.33. The van der Waals surface area contributed by atoms with Crippen LogP contribution in [0.4, 0.5) is 31.1 Å². The van der Waals surface area contributed by atoms with Crippen LogP contribution in [0.25, 0.3) is 0 Å². The fraction of sp³-hybridized carbons (Fsp3) is 0.294. The van der Waals surface area contributed by atoms with Gasteiger partial charge in [-0.2, -0.15) is 26.3 Å². The molecule has 0 saturated heterocycles. The molecule has 0 aliphatic heterocycles. The SMILES string of the molecule is CC(NC(=O)N[C@@H](c1ccc(C(F)(F)F)cc1)c1ncccc1Br)C(F)(F)F. The molecule has 0 fully saturated rings. The van der Waals surface area contributed by atoms with Gasteiger partial charge in [-0.25, -0.2) is 4.79 Å². The summed E-state index contributed by atoms with van der Waals surface area (Å²) in [5, 5.41) is 4.07. The van der Waals surface area contributed by atoms with Crippen LogP contribution in [0.3, 0.4) is 0 Å². The number of urea groups is 1. The van der Waals surface area contributed by atoms with E-state index in [1.54, 1.807) is 17.4 Å². The Kier molecular flexibility index (Phi) is 6.58. The van der Waals surface area contributed by atoms with Crippen LogP contribution >= 0.6 is 15.9 Å². The lowest BCUT2D eigenvalue weighted by Crippen LogP contribution is -2.48. The zero-order valence-corrected chi connectivity index (χ0v) is 15.8. The molecule has 11 heteroatoms. The molecular formula is C17H14BrF6N3O. The lowest BCUT2D eigenvalue weighted by molar-refractivity contribution is -0.148. The number of nitrogens with one attached hydrogen (secondary N) is 2. The van der Waals surface area contributed by atoms with Crippen LogP contribution < -0.4 is 10.6 Å². The van der Waals surface area contributed by atoms with E-state index in [9.17, 15) is 31.1 Å². The van der Waals surface area contributed by atoms with E-state index in [1.807, 2.05) is 0 Å². The second-order valence-electron chi connectivity index (χ2n) is 5.80. The van der Waals surface area contributed by atoms with Crippen molar-refractivity contribution in [1.29, 1.82) is 0 Å². The average molecular weight is 470 g/mol. The Morgan fingerprint density at radius 3 is 2.14 bits per heavy atom. The first-order chi connectivity index (χ1) is 12.9. The number of aromatic nitrogens is 1. The van der Waals surface area contributed by atoms with E-state index in [2.05, 4.69) is 26.2 Å². The van der Waals surface area contributed by atoms with E-state index in [4.69, 9.17) is 0 Å². The largest absolute Gasteiger partial charge is 0.416 e. The highest BCUT2D eigenvalue weighted by Gasteiger charge is 2.37. The predicted molar refractivity (Wildman–Crippen MR) is 92.4 cm³/mol. The number of hydrogen-bond donors (Lipinski definition) is 2. The number of carbonyl (C=O) groups is 1. The second-order valence-corrected chi connectivity index (χ2v) is 6.66. The Hall–Kier alpha value is -2.30. The van der Waals surface area contributed by atoms with Gasteiger partial charge in [0.05, 0.1) is 17.3 Å². The van der Waals surface area contributed by atoms with Crippen LogP contribution in [0.5, 0.6) is 0 Å². The first-order valence-corrected chi connectivity index (χ1v) is 8.60. The van der Waals surface area contributed by atoms with E-state index < -0.39 is 36.0 Å². The number of hydrogen-bond acceptors (Lipinski definition) is 2. The molecule has 0 bridgehead atoms. The number of nitrogens with zero attached hydrogens (tertiary/aromatic N) is 1. The summed E-state index contributed by atoms with van der Waals surface area (Å²) in [7, 11) is 0. The molecule has 1 heterocycles. The van der Waals surface area contributed by atoms with Crippen molar-refractivity contribution in [2.24, 2.45) is 0 Å². The number of carbonyl (C=O) groups excluding carboxylic acids is 1. The highest BCUT2D eigenvalue weighted by Crippen LogP contribution is 2.32. The van der Waals surface area contributed by atoms with Gasteiger partial charge in [-0.1, -0.05) is 12.1 Å². The van der Waals surface area contributed by atoms with Crippen molar-refractivity contribution in [3.63, 3.8) is 0 Å². The lowest BCUT2D eigenvalue weighted by Gasteiger charge is -2.23. The maximum Gasteiger partial charge on any atom is 0.416 e. The van der Waals surface area contributed by atoms with Crippen LogP contribution in [0.2, 0.25) is 0 Å². The summed E-state index contributed by atoms with van der Waals surface area (Å²) in [6.07, 6.45) is -7.81. The first-order valence-electron chi connectivity index (χ1n) is 7.81. The minimum atomic E-state index is -4.65. The second kappa shape index (κ2) is 8.38. The third-order valence-corrected chi connectivity index (χ3v) is 4.42. The molecule has 0 radical (unpaired) electrons. The number of pyridine rings is 1. The molecule has 2 aromatic rings. The summed E-state index contributed by atoms with van der Waals surface area (Å²) in [5.74, 6) is 0. The molecule has 4 nitrogen and oxygen atoms in total. The van der Waals surface area contributed by atoms with Gasteiger partial charge in [0.25, 0.3) is 0 Å². The van der Waals surface area contributed by atoms with E-state index >= 15 is 0 Å². The van der Waals surface area contributed by atoms with Crippen molar-refractivity contribution < 1.29 is 31.1 Å². The van der Waals surface area contributed by atoms with Crippen LogP contribution in [-0.4, -0.2) is 23.2 Å². The average Bonchev–Trinajstić information content (AvgIpc) is 2.59. The first kappa shape index (κ1) is 22.0. The molecule has 2 amide bonds. The molecule has 0 spiro atoms. The van der Waals surface area contributed by atoms with Gasteiger partial charge in [-0.3, -0.25) is 4.98 Å².